The van der Waals surface area contributed by atoms with Crippen LogP contribution in [0.1, 0.15) is 17.5 Å². The lowest BCUT2D eigenvalue weighted by atomic mass is 10.2. The Morgan fingerprint density at radius 2 is 2.00 bits per heavy atom. The Kier molecular flexibility index (Phi) is 4.68. The van der Waals surface area contributed by atoms with Crippen LogP contribution in [-0.2, 0) is 4.84 Å². The van der Waals surface area contributed by atoms with Crippen LogP contribution in [0, 0.1) is 11.3 Å². The molecule has 0 aliphatic heterocycles. The van der Waals surface area contributed by atoms with E-state index in [0.29, 0.717) is 12.2 Å². The summed E-state index contributed by atoms with van der Waals surface area (Å²) in [6, 6.07) is 8.98. The van der Waals surface area contributed by atoms with E-state index in [-0.39, 0.29) is 0 Å². The first-order valence-electron chi connectivity index (χ1n) is 4.56. The molecule has 0 amide bonds. The fraction of sp³-hybridized carbons (Fsp3) is 0.167. The highest BCUT2D eigenvalue weighted by molar-refractivity contribution is 5.79. The fourth-order valence-electron chi connectivity index (χ4n) is 0.886. The van der Waals surface area contributed by atoms with E-state index >= 15 is 0 Å². The summed E-state index contributed by atoms with van der Waals surface area (Å²) >= 11 is 0. The molecular formula is C12H11N2O. The van der Waals surface area contributed by atoms with Crippen molar-refractivity contribution in [2.45, 2.75) is 6.42 Å². The maximum absolute atomic E-state index is 8.57. The van der Waals surface area contributed by atoms with Crippen molar-refractivity contribution in [2.75, 3.05) is 6.61 Å². The number of benzene rings is 1. The van der Waals surface area contributed by atoms with Gasteiger partial charge in [-0.1, -0.05) is 23.4 Å². The van der Waals surface area contributed by atoms with Crippen LogP contribution in [0.25, 0.3) is 0 Å². The lowest BCUT2D eigenvalue weighted by Crippen LogP contribution is -1.87. The van der Waals surface area contributed by atoms with Gasteiger partial charge in [0.25, 0.3) is 0 Å². The number of hydrogen-bond donors (Lipinski definition) is 0. The summed E-state index contributed by atoms with van der Waals surface area (Å²) in [5.74, 6) is 0. The third-order valence-electron chi connectivity index (χ3n) is 1.67. The summed E-state index contributed by atoms with van der Waals surface area (Å²) in [7, 11) is 0. The highest BCUT2D eigenvalue weighted by Gasteiger charge is 1.90. The van der Waals surface area contributed by atoms with Gasteiger partial charge in [-0.05, 0) is 12.1 Å². The van der Waals surface area contributed by atoms with Gasteiger partial charge in [0.1, 0.15) is 12.8 Å². The molecule has 1 aromatic carbocycles. The molecule has 0 unspecified atom stereocenters. The van der Waals surface area contributed by atoms with Crippen LogP contribution in [0.3, 0.4) is 0 Å². The van der Waals surface area contributed by atoms with Gasteiger partial charge in [-0.25, -0.2) is 0 Å². The minimum Gasteiger partial charge on any atom is -0.395 e. The third-order valence-corrected chi connectivity index (χ3v) is 1.67. The Morgan fingerprint density at radius 1 is 1.33 bits per heavy atom. The highest BCUT2D eigenvalue weighted by atomic mass is 16.6. The van der Waals surface area contributed by atoms with Gasteiger partial charge in [0.15, 0.2) is 0 Å². The van der Waals surface area contributed by atoms with Crippen LogP contribution in [0.15, 0.2) is 42.1 Å². The van der Waals surface area contributed by atoms with E-state index in [0.717, 1.165) is 12.0 Å². The molecule has 0 spiro atoms. The Bertz CT molecular complexity index is 374. The second-order valence-electron chi connectivity index (χ2n) is 2.80. The molecule has 1 aromatic rings. The van der Waals surface area contributed by atoms with Crippen molar-refractivity contribution in [1.29, 1.82) is 5.26 Å². The lowest BCUT2D eigenvalue weighted by molar-refractivity contribution is 0.151. The maximum Gasteiger partial charge on any atom is 0.139 e. The monoisotopic (exact) mass is 199 g/mol. The molecule has 0 saturated heterocycles. The normalized spacial score (nSPS) is 9.80. The van der Waals surface area contributed by atoms with Crippen LogP contribution < -0.4 is 0 Å². The zero-order valence-corrected chi connectivity index (χ0v) is 8.31. The number of hydrogen-bond acceptors (Lipinski definition) is 3. The molecule has 0 atom stereocenters. The summed E-state index contributed by atoms with van der Waals surface area (Å²) in [6.07, 6.45) is 5.24. The van der Waals surface area contributed by atoms with Crippen molar-refractivity contribution in [2.24, 2.45) is 5.16 Å². The molecule has 0 saturated carbocycles. The van der Waals surface area contributed by atoms with Crippen molar-refractivity contribution in [1.82, 2.24) is 0 Å². The van der Waals surface area contributed by atoms with Crippen LogP contribution in [0.5, 0.6) is 0 Å². The first-order chi connectivity index (χ1) is 7.36. The second-order valence-corrected chi connectivity index (χ2v) is 2.80. The van der Waals surface area contributed by atoms with E-state index in [4.69, 9.17) is 10.1 Å². The smallest absolute Gasteiger partial charge is 0.139 e. The van der Waals surface area contributed by atoms with Gasteiger partial charge in [-0.2, -0.15) is 5.26 Å². The van der Waals surface area contributed by atoms with Gasteiger partial charge in [0.2, 0.25) is 0 Å². The van der Waals surface area contributed by atoms with Gasteiger partial charge in [-0.3, -0.25) is 0 Å². The summed E-state index contributed by atoms with van der Waals surface area (Å²) in [5.41, 5.74) is 1.40. The Hall–Kier alpha value is -2.08. The molecule has 0 aromatic heterocycles. The topological polar surface area (TPSA) is 45.4 Å². The molecule has 0 aliphatic carbocycles. The third kappa shape index (κ3) is 4.10. The molecule has 75 valence electrons. The quantitative estimate of drug-likeness (QED) is 0.316. The van der Waals surface area contributed by atoms with E-state index in [1.54, 1.807) is 30.3 Å². The molecule has 0 bridgehead atoms. The van der Waals surface area contributed by atoms with E-state index in [1.807, 2.05) is 6.07 Å². The van der Waals surface area contributed by atoms with E-state index in [1.165, 1.54) is 0 Å². The van der Waals surface area contributed by atoms with Crippen molar-refractivity contribution >= 4 is 6.21 Å². The zero-order valence-electron chi connectivity index (χ0n) is 8.31. The maximum atomic E-state index is 8.57. The number of rotatable bonds is 5. The molecular weight excluding hydrogens is 188 g/mol. The lowest BCUT2D eigenvalue weighted by Gasteiger charge is -1.94. The predicted molar refractivity (Wildman–Crippen MR) is 58.5 cm³/mol. The second kappa shape index (κ2) is 6.39. The highest BCUT2D eigenvalue weighted by Crippen LogP contribution is 2.00. The largest absolute Gasteiger partial charge is 0.395 e. The molecule has 1 radical (unpaired) electrons. The van der Waals surface area contributed by atoms with Crippen LogP contribution in [0.4, 0.5) is 0 Å². The van der Waals surface area contributed by atoms with Crippen LogP contribution >= 0.6 is 0 Å². The van der Waals surface area contributed by atoms with Crippen LogP contribution in [0.2, 0.25) is 0 Å². The van der Waals surface area contributed by atoms with Crippen LogP contribution in [-0.4, -0.2) is 12.8 Å². The Morgan fingerprint density at radius 3 is 2.60 bits per heavy atom. The molecule has 3 nitrogen and oxygen atoms in total. The number of nitriles is 1. The van der Waals surface area contributed by atoms with Crippen molar-refractivity contribution in [3.63, 3.8) is 0 Å². The minimum atomic E-state index is 0.507. The van der Waals surface area contributed by atoms with Gasteiger partial charge >= 0.3 is 0 Å². The Labute approximate surface area is 89.3 Å². The van der Waals surface area contributed by atoms with Gasteiger partial charge < -0.3 is 4.84 Å². The molecule has 1 rings (SSSR count). The van der Waals surface area contributed by atoms with Crippen molar-refractivity contribution in [3.05, 3.63) is 48.0 Å². The average molecular weight is 199 g/mol. The molecule has 0 aliphatic rings. The molecule has 0 fully saturated rings. The summed E-state index contributed by atoms with van der Waals surface area (Å²) < 4.78 is 0. The standard InChI is InChI=1S/C12H11N2O/c1-2-3-8-15-14-10-12-6-4-11(9-13)5-7-12/h2,4-7H,1,3,8H2. The first kappa shape index (κ1) is 11.0. The molecule has 0 heterocycles. The summed E-state index contributed by atoms with van der Waals surface area (Å²) in [4.78, 5) is 4.91. The predicted octanol–water partition coefficient (Wildman–Crippen LogP) is 2.36. The van der Waals surface area contributed by atoms with Gasteiger partial charge in [-0.15, -0.1) is 6.58 Å². The zero-order chi connectivity index (χ0) is 10.9. The summed E-state index contributed by atoms with van der Waals surface area (Å²) in [6.45, 7) is 4.07. The average Bonchev–Trinajstić information content (AvgIpc) is 2.30. The van der Waals surface area contributed by atoms with Gasteiger partial charge in [0.05, 0.1) is 11.6 Å². The Balaban J connectivity index is 2.43. The fourth-order valence-corrected chi connectivity index (χ4v) is 0.886. The summed E-state index contributed by atoms with van der Waals surface area (Å²) in [5, 5.41) is 12.2. The molecule has 0 N–H and O–H groups in total. The van der Waals surface area contributed by atoms with E-state index < -0.39 is 0 Å². The van der Waals surface area contributed by atoms with Crippen molar-refractivity contribution in [3.8, 4) is 6.07 Å². The molecule has 15 heavy (non-hydrogen) atoms. The SMILES string of the molecule is C=CCCON=[C]c1ccc(C#N)cc1. The molecule has 3 heteroatoms. The first-order valence-corrected chi connectivity index (χ1v) is 4.56. The minimum absolute atomic E-state index is 0.507. The van der Waals surface area contributed by atoms with E-state index in [2.05, 4.69) is 17.9 Å². The van der Waals surface area contributed by atoms with Gasteiger partial charge in [0, 0.05) is 12.0 Å². The van der Waals surface area contributed by atoms with E-state index in [9.17, 15) is 0 Å². The van der Waals surface area contributed by atoms with Crippen molar-refractivity contribution < 1.29 is 4.84 Å². The number of nitrogens with zero attached hydrogens (tertiary/aromatic N) is 2.